The van der Waals surface area contributed by atoms with Crippen molar-refractivity contribution in [2.24, 2.45) is 0 Å². The minimum Gasteiger partial charge on any atom is -0.852 e. The number of hydrogen-bond donors (Lipinski definition) is 0. The van der Waals surface area contributed by atoms with Crippen LogP contribution in [0.4, 0.5) is 0 Å². The van der Waals surface area contributed by atoms with E-state index in [0.717, 1.165) is 25.9 Å². The molecule has 0 radical (unpaired) electrons. The topological polar surface area (TPSA) is 52.6 Å². The maximum atomic E-state index is 11.1. The van der Waals surface area contributed by atoms with E-state index >= 15 is 0 Å². The molecule has 0 saturated heterocycles. The Morgan fingerprint density at radius 2 is 1.16 bits per heavy atom. The van der Waals surface area contributed by atoms with Gasteiger partial charge < -0.3 is 26.9 Å². The van der Waals surface area contributed by atoms with Gasteiger partial charge in [0.25, 0.3) is 0 Å². The molecule has 1 aliphatic rings. The van der Waals surface area contributed by atoms with E-state index in [4.69, 9.17) is 0 Å². The van der Waals surface area contributed by atoms with Gasteiger partial charge in [-0.25, -0.2) is 12.2 Å². The van der Waals surface area contributed by atoms with Gasteiger partial charge in [0, 0.05) is 13.1 Å². The van der Waals surface area contributed by atoms with Gasteiger partial charge in [-0.05, 0) is 63.3 Å². The monoisotopic (exact) mass is 554 g/mol. The third-order valence-electron chi connectivity index (χ3n) is 5.16. The molecule has 0 aromatic heterocycles. The zero-order chi connectivity index (χ0) is 28.1. The molecule has 4 nitrogen and oxygen atoms in total. The first-order chi connectivity index (χ1) is 17.6. The van der Waals surface area contributed by atoms with Crippen LogP contribution in [0.2, 0.25) is 0 Å². The molecule has 0 amide bonds. The molecule has 208 valence electrons. The van der Waals surface area contributed by atoms with Gasteiger partial charge in [0.05, 0.1) is 0 Å². The first-order valence-electron chi connectivity index (χ1n) is 13.4. The molecule has 2 atom stereocenters. The standard InChI is InChI=1S/2C12H18NO.C5H5.C4H9.Ti/c2*1-10(14)8-11-6-4-5-7-12(11)9-13(2)3;1-2-4-5-3-1;1-3-4-2;/h2*4-7,10H,8-9H2,1-3H3;1-3H,4H2;1,3-4H2,2H3;/q4*-1;+4. The van der Waals surface area contributed by atoms with Crippen LogP contribution in [-0.2, 0) is 47.6 Å². The normalized spacial score (nSPS) is 12.8. The van der Waals surface area contributed by atoms with Crippen LogP contribution in [0.15, 0.2) is 66.8 Å². The number of hydrogen-bond acceptors (Lipinski definition) is 4. The maximum absolute atomic E-state index is 11.1. The minimum atomic E-state index is -0.515. The molecule has 0 aliphatic heterocycles. The van der Waals surface area contributed by atoms with Gasteiger partial charge in [0.15, 0.2) is 0 Å². The van der Waals surface area contributed by atoms with Crippen LogP contribution in [0.1, 0.15) is 62.3 Å². The summed E-state index contributed by atoms with van der Waals surface area (Å²) in [5.74, 6) is 0. The average molecular weight is 555 g/mol. The van der Waals surface area contributed by atoms with Gasteiger partial charge >= 0.3 is 21.7 Å². The second-order valence-electron chi connectivity index (χ2n) is 9.90. The summed E-state index contributed by atoms with van der Waals surface area (Å²) in [5.41, 5.74) is 4.90. The molecule has 5 heteroatoms. The van der Waals surface area contributed by atoms with Crippen molar-refractivity contribution in [3.05, 3.63) is 102 Å². The summed E-state index contributed by atoms with van der Waals surface area (Å²) in [6, 6.07) is 16.3. The molecule has 2 unspecified atom stereocenters. The number of rotatable bonds is 9. The van der Waals surface area contributed by atoms with E-state index in [1.807, 2.05) is 76.7 Å². The fraction of sp³-hybridized carbons (Fsp3) is 0.485. The molecule has 0 bridgehead atoms. The van der Waals surface area contributed by atoms with Gasteiger partial charge in [-0.2, -0.15) is 12.5 Å². The first kappa shape index (κ1) is 38.6. The van der Waals surface area contributed by atoms with Crippen molar-refractivity contribution in [2.75, 3.05) is 28.2 Å². The second-order valence-corrected chi connectivity index (χ2v) is 9.90. The Hall–Kier alpha value is -1.53. The van der Waals surface area contributed by atoms with E-state index in [2.05, 4.69) is 47.9 Å². The Morgan fingerprint density at radius 3 is 1.37 bits per heavy atom. The van der Waals surface area contributed by atoms with Gasteiger partial charge in [0.2, 0.25) is 0 Å². The van der Waals surface area contributed by atoms with Crippen molar-refractivity contribution < 1.29 is 31.9 Å². The van der Waals surface area contributed by atoms with Crippen LogP contribution in [0.25, 0.3) is 0 Å². The van der Waals surface area contributed by atoms with Crippen LogP contribution < -0.4 is 10.2 Å². The Kier molecular flexibility index (Phi) is 24.9. The molecule has 0 heterocycles. The van der Waals surface area contributed by atoms with E-state index in [9.17, 15) is 10.2 Å². The number of benzene rings is 2. The fourth-order valence-corrected chi connectivity index (χ4v) is 3.46. The molecular formula is C33H50N2O2Ti. The third-order valence-corrected chi connectivity index (χ3v) is 5.16. The summed E-state index contributed by atoms with van der Waals surface area (Å²) < 4.78 is 0. The Balaban J connectivity index is 0. The smallest absolute Gasteiger partial charge is 0.852 e. The third kappa shape index (κ3) is 21.4. The molecule has 3 rings (SSSR count). The summed E-state index contributed by atoms with van der Waals surface area (Å²) in [4.78, 5) is 4.24. The first-order valence-corrected chi connectivity index (χ1v) is 13.4. The predicted molar refractivity (Wildman–Crippen MR) is 156 cm³/mol. The summed E-state index contributed by atoms with van der Waals surface area (Å²) >= 11 is 0. The van der Waals surface area contributed by atoms with Crippen molar-refractivity contribution in [1.82, 2.24) is 9.80 Å². The van der Waals surface area contributed by atoms with Gasteiger partial charge in [-0.3, -0.25) is 6.08 Å². The van der Waals surface area contributed by atoms with E-state index < -0.39 is 12.2 Å². The largest absolute Gasteiger partial charge is 4.00 e. The van der Waals surface area contributed by atoms with Gasteiger partial charge in [-0.1, -0.05) is 75.7 Å². The molecule has 0 N–H and O–H groups in total. The van der Waals surface area contributed by atoms with Crippen LogP contribution in [0, 0.1) is 13.0 Å². The molecule has 0 fully saturated rings. The van der Waals surface area contributed by atoms with E-state index in [1.54, 1.807) is 13.8 Å². The average Bonchev–Trinajstić information content (AvgIpc) is 3.41. The summed E-state index contributed by atoms with van der Waals surface area (Å²) in [6.45, 7) is 11.0. The van der Waals surface area contributed by atoms with Gasteiger partial charge in [0.1, 0.15) is 0 Å². The molecular weight excluding hydrogens is 504 g/mol. The molecule has 0 spiro atoms. The molecule has 1 aliphatic carbocycles. The quantitative estimate of drug-likeness (QED) is 0.323. The fourth-order valence-electron chi connectivity index (χ4n) is 3.46. The maximum Gasteiger partial charge on any atom is 4.00 e. The van der Waals surface area contributed by atoms with E-state index in [-0.39, 0.29) is 21.7 Å². The molecule has 0 saturated carbocycles. The molecule has 38 heavy (non-hydrogen) atoms. The molecule has 2 aromatic carbocycles. The van der Waals surface area contributed by atoms with Crippen LogP contribution in [0.3, 0.4) is 0 Å². The minimum absolute atomic E-state index is 0. The number of allylic oxidation sites excluding steroid dienone is 4. The van der Waals surface area contributed by atoms with Crippen molar-refractivity contribution >= 4 is 0 Å². The van der Waals surface area contributed by atoms with Crippen molar-refractivity contribution in [2.45, 2.75) is 78.2 Å². The van der Waals surface area contributed by atoms with Crippen LogP contribution in [0.5, 0.6) is 0 Å². The zero-order valence-electron chi connectivity index (χ0n) is 24.9. The van der Waals surface area contributed by atoms with Crippen molar-refractivity contribution in [3.8, 4) is 0 Å². The van der Waals surface area contributed by atoms with Crippen LogP contribution >= 0.6 is 0 Å². The van der Waals surface area contributed by atoms with E-state index in [1.165, 1.54) is 28.7 Å². The summed E-state index contributed by atoms with van der Waals surface area (Å²) in [6.07, 6.45) is 12.5. The Bertz CT molecular complexity index is 747. The van der Waals surface area contributed by atoms with E-state index in [0.29, 0.717) is 12.8 Å². The summed E-state index contributed by atoms with van der Waals surface area (Å²) in [5, 5.41) is 22.2. The van der Waals surface area contributed by atoms with Gasteiger partial charge in [-0.15, -0.1) is 18.6 Å². The Labute approximate surface area is 249 Å². The van der Waals surface area contributed by atoms with Crippen LogP contribution in [-0.4, -0.2) is 50.2 Å². The second kappa shape index (κ2) is 24.5. The molecule has 2 aromatic rings. The predicted octanol–water partition coefficient (Wildman–Crippen LogP) is 5.00. The summed E-state index contributed by atoms with van der Waals surface area (Å²) in [7, 11) is 8.16. The number of unbranched alkanes of at least 4 members (excludes halogenated alkanes) is 1. The zero-order valence-corrected chi connectivity index (χ0v) is 26.4. The van der Waals surface area contributed by atoms with Crippen molar-refractivity contribution in [3.63, 3.8) is 0 Å². The van der Waals surface area contributed by atoms with Crippen molar-refractivity contribution in [1.29, 1.82) is 0 Å². The number of nitrogens with zero attached hydrogens (tertiary/aromatic N) is 2. The Morgan fingerprint density at radius 1 is 0.789 bits per heavy atom. The SMILES string of the molecule is CC([O-])Cc1ccccc1CN(C)C.CC([O-])Cc1ccccc1CN(C)C.[C-]1=CC=CC1.[CH2-]CCC.[Ti+4].